The number of alkyl halides is 1. The summed E-state index contributed by atoms with van der Waals surface area (Å²) in [4.78, 5) is 12.6. The molecule has 0 aromatic rings. The molecule has 0 bridgehead atoms. The molecular weight excluding hydrogens is 226 g/mol. The van der Waals surface area contributed by atoms with Crippen LogP contribution in [0.15, 0.2) is 0 Å². The first-order valence-corrected chi connectivity index (χ1v) is 4.71. The second-order valence-corrected chi connectivity index (χ2v) is 3.96. The van der Waals surface area contributed by atoms with Crippen LogP contribution in [0.2, 0.25) is 0 Å². The Morgan fingerprint density at radius 2 is 2.42 bits per heavy atom. The number of piperidine rings is 1. The van der Waals surface area contributed by atoms with Crippen LogP contribution in [0.3, 0.4) is 0 Å². The van der Waals surface area contributed by atoms with E-state index in [9.17, 15) is 9.90 Å². The Morgan fingerprint density at radius 1 is 1.75 bits per heavy atom. The lowest BCUT2D eigenvalue weighted by Gasteiger charge is -2.32. The van der Waals surface area contributed by atoms with E-state index in [2.05, 4.69) is 20.7 Å². The second kappa shape index (κ2) is 4.09. The van der Waals surface area contributed by atoms with Crippen LogP contribution in [0.5, 0.6) is 0 Å². The number of β-amino-alcohol motifs (C(OH)–C–C–N with tert-alkyl or cyclic N) is 1. The van der Waals surface area contributed by atoms with E-state index in [1.54, 1.807) is 0 Å². The molecule has 0 saturated carbocycles. The number of hydrogen-bond acceptors (Lipinski definition) is 3. The van der Waals surface area contributed by atoms with Crippen LogP contribution in [-0.4, -0.2) is 47.2 Å². The molecule has 1 N–H and O–H groups in total. The molecule has 2 atom stereocenters. The highest BCUT2D eigenvalue weighted by atomic mass is 79.9. The fourth-order valence-electron chi connectivity index (χ4n) is 1.20. The van der Waals surface area contributed by atoms with Crippen molar-refractivity contribution in [2.45, 2.75) is 17.4 Å². The van der Waals surface area contributed by atoms with E-state index in [4.69, 9.17) is 0 Å². The third-order valence-corrected chi connectivity index (χ3v) is 3.00. The van der Waals surface area contributed by atoms with Crippen LogP contribution in [0.1, 0.15) is 6.42 Å². The van der Waals surface area contributed by atoms with Gasteiger partial charge in [0.15, 0.2) is 0 Å². The molecule has 4 nitrogen and oxygen atoms in total. The summed E-state index contributed by atoms with van der Waals surface area (Å²) >= 11 is 3.32. The molecule has 0 spiro atoms. The molecule has 0 radical (unpaired) electrons. The summed E-state index contributed by atoms with van der Waals surface area (Å²) < 4.78 is 4.53. The van der Waals surface area contributed by atoms with Gasteiger partial charge in [-0.3, -0.25) is 0 Å². The normalized spacial score (nSPS) is 30.1. The van der Waals surface area contributed by atoms with Gasteiger partial charge in [0.1, 0.15) is 0 Å². The molecule has 1 aliphatic rings. The predicted molar refractivity (Wildman–Crippen MR) is 47.3 cm³/mol. The molecule has 1 aliphatic heterocycles. The van der Waals surface area contributed by atoms with E-state index in [0.717, 1.165) is 6.42 Å². The first kappa shape index (κ1) is 9.80. The van der Waals surface area contributed by atoms with Gasteiger partial charge >= 0.3 is 6.09 Å². The Kier molecular flexibility index (Phi) is 3.34. The summed E-state index contributed by atoms with van der Waals surface area (Å²) in [5.41, 5.74) is 0. The summed E-state index contributed by atoms with van der Waals surface area (Å²) in [6.07, 6.45) is -0.0951. The van der Waals surface area contributed by atoms with Gasteiger partial charge in [-0.2, -0.15) is 0 Å². The molecule has 0 aliphatic carbocycles. The molecule has 1 saturated heterocycles. The Labute approximate surface area is 79.6 Å². The van der Waals surface area contributed by atoms with Crippen LogP contribution in [0.25, 0.3) is 0 Å². The predicted octanol–water partition coefficient (Wildman–Crippen LogP) is 0.583. The van der Waals surface area contributed by atoms with E-state index in [1.165, 1.54) is 12.0 Å². The smallest absolute Gasteiger partial charge is 0.409 e. The maximum atomic E-state index is 11.0. The highest BCUT2D eigenvalue weighted by Gasteiger charge is 2.28. The van der Waals surface area contributed by atoms with E-state index >= 15 is 0 Å². The fourth-order valence-corrected chi connectivity index (χ4v) is 1.57. The van der Waals surface area contributed by atoms with Crippen molar-refractivity contribution in [3.05, 3.63) is 0 Å². The van der Waals surface area contributed by atoms with Gasteiger partial charge in [-0.1, -0.05) is 15.9 Å². The van der Waals surface area contributed by atoms with Gasteiger partial charge in [-0.15, -0.1) is 0 Å². The topological polar surface area (TPSA) is 49.8 Å². The van der Waals surface area contributed by atoms with Crippen molar-refractivity contribution in [2.24, 2.45) is 0 Å². The minimum Gasteiger partial charge on any atom is -0.453 e. The zero-order chi connectivity index (χ0) is 9.14. The molecular formula is C7H12BrNO3. The second-order valence-electron chi connectivity index (χ2n) is 2.79. The van der Waals surface area contributed by atoms with E-state index in [-0.39, 0.29) is 10.9 Å². The molecule has 12 heavy (non-hydrogen) atoms. The summed E-state index contributed by atoms with van der Waals surface area (Å²) in [6.45, 7) is 0.988. The molecule has 1 fully saturated rings. The number of methoxy groups -OCH3 is 1. The van der Waals surface area contributed by atoms with Crippen molar-refractivity contribution in [1.82, 2.24) is 4.90 Å². The van der Waals surface area contributed by atoms with E-state index < -0.39 is 6.10 Å². The number of aliphatic hydroxyl groups excluding tert-OH is 1. The first-order chi connectivity index (χ1) is 5.65. The largest absolute Gasteiger partial charge is 0.453 e. The fraction of sp³-hybridized carbons (Fsp3) is 0.857. The SMILES string of the molecule is COC(=O)N1CCC(Br)C(O)C1. The average Bonchev–Trinajstić information content (AvgIpc) is 2.08. The van der Waals surface area contributed by atoms with Gasteiger partial charge in [0.25, 0.3) is 0 Å². The number of halogens is 1. The third-order valence-electron chi connectivity index (χ3n) is 1.93. The maximum absolute atomic E-state index is 11.0. The number of likely N-dealkylation sites (tertiary alicyclic amines) is 1. The Hall–Kier alpha value is -0.290. The standard InChI is InChI=1S/C7H12BrNO3/c1-12-7(11)9-3-2-5(8)6(10)4-9/h5-6,10H,2-4H2,1H3. The summed E-state index contributed by atoms with van der Waals surface area (Å²) in [6, 6.07) is 0. The number of amides is 1. The molecule has 1 amide bonds. The number of carbonyl (C=O) groups is 1. The Morgan fingerprint density at radius 3 is 2.92 bits per heavy atom. The van der Waals surface area contributed by atoms with Crippen molar-refractivity contribution >= 4 is 22.0 Å². The van der Waals surface area contributed by atoms with Crippen molar-refractivity contribution in [3.63, 3.8) is 0 Å². The van der Waals surface area contributed by atoms with Crippen LogP contribution in [0, 0.1) is 0 Å². The summed E-state index contributed by atoms with van der Waals surface area (Å²) in [5, 5.41) is 9.40. The van der Waals surface area contributed by atoms with Crippen LogP contribution < -0.4 is 0 Å². The van der Waals surface area contributed by atoms with Crippen LogP contribution in [0.4, 0.5) is 4.79 Å². The number of hydrogen-bond donors (Lipinski definition) is 1. The van der Waals surface area contributed by atoms with Crippen LogP contribution in [-0.2, 0) is 4.74 Å². The molecule has 1 heterocycles. The van der Waals surface area contributed by atoms with Gasteiger partial charge < -0.3 is 14.7 Å². The lowest BCUT2D eigenvalue weighted by atomic mass is 10.1. The quantitative estimate of drug-likeness (QED) is 0.628. The lowest BCUT2D eigenvalue weighted by molar-refractivity contribution is 0.0630. The number of aliphatic hydroxyl groups is 1. The Balaban J connectivity index is 2.45. The molecule has 70 valence electrons. The van der Waals surface area contributed by atoms with Gasteiger partial charge in [-0.05, 0) is 6.42 Å². The summed E-state index contributed by atoms with van der Waals surface area (Å²) in [5.74, 6) is 0. The molecule has 0 aromatic heterocycles. The van der Waals surface area contributed by atoms with Crippen molar-refractivity contribution < 1.29 is 14.6 Å². The number of carbonyl (C=O) groups excluding carboxylic acids is 1. The van der Waals surface area contributed by atoms with Gasteiger partial charge in [0.2, 0.25) is 0 Å². The number of rotatable bonds is 0. The van der Waals surface area contributed by atoms with Crippen molar-refractivity contribution in [1.29, 1.82) is 0 Å². The number of nitrogens with zero attached hydrogens (tertiary/aromatic N) is 1. The Bertz CT molecular complexity index is 176. The monoisotopic (exact) mass is 237 g/mol. The van der Waals surface area contributed by atoms with Gasteiger partial charge in [0.05, 0.1) is 19.8 Å². The molecule has 5 heteroatoms. The number of ether oxygens (including phenoxy) is 1. The lowest BCUT2D eigenvalue weighted by Crippen LogP contribution is -2.46. The van der Waals surface area contributed by atoms with Crippen LogP contribution >= 0.6 is 15.9 Å². The third kappa shape index (κ3) is 2.10. The van der Waals surface area contributed by atoms with Crippen molar-refractivity contribution in [3.8, 4) is 0 Å². The average molecular weight is 238 g/mol. The van der Waals surface area contributed by atoms with E-state index in [1.807, 2.05) is 0 Å². The highest BCUT2D eigenvalue weighted by molar-refractivity contribution is 9.09. The summed E-state index contributed by atoms with van der Waals surface area (Å²) in [7, 11) is 1.34. The molecule has 0 aromatic carbocycles. The maximum Gasteiger partial charge on any atom is 0.409 e. The molecule has 1 rings (SSSR count). The highest BCUT2D eigenvalue weighted by Crippen LogP contribution is 2.18. The van der Waals surface area contributed by atoms with Crippen molar-refractivity contribution in [2.75, 3.05) is 20.2 Å². The van der Waals surface area contributed by atoms with E-state index in [0.29, 0.717) is 13.1 Å². The zero-order valence-corrected chi connectivity index (χ0v) is 8.45. The first-order valence-electron chi connectivity index (χ1n) is 3.80. The minimum absolute atomic E-state index is 0.0957. The van der Waals surface area contributed by atoms with Gasteiger partial charge in [0, 0.05) is 11.4 Å². The molecule has 2 unspecified atom stereocenters. The minimum atomic E-state index is -0.488. The van der Waals surface area contributed by atoms with Gasteiger partial charge in [-0.25, -0.2) is 4.79 Å². The zero-order valence-electron chi connectivity index (χ0n) is 6.86.